The minimum Gasteiger partial charge on any atom is -0.468 e. The van der Waals surface area contributed by atoms with Gasteiger partial charge in [-0.05, 0) is 12.8 Å². The quantitative estimate of drug-likeness (QED) is 0.366. The molecule has 5 heteroatoms. The van der Waals surface area contributed by atoms with Crippen LogP contribution in [0.1, 0.15) is 84.0 Å². The van der Waals surface area contributed by atoms with E-state index in [1.54, 1.807) is 0 Å². The van der Waals surface area contributed by atoms with Crippen LogP contribution in [0.5, 0.6) is 0 Å². The summed E-state index contributed by atoms with van der Waals surface area (Å²) in [5, 5.41) is 0. The van der Waals surface area contributed by atoms with Crippen LogP contribution < -0.4 is 5.73 Å². The van der Waals surface area contributed by atoms with Gasteiger partial charge in [0.2, 0.25) is 0 Å². The van der Waals surface area contributed by atoms with Gasteiger partial charge < -0.3 is 15.2 Å². The summed E-state index contributed by atoms with van der Waals surface area (Å²) < 4.78 is 9.63. The van der Waals surface area contributed by atoms with E-state index in [9.17, 15) is 9.59 Å². The van der Waals surface area contributed by atoms with E-state index in [4.69, 9.17) is 10.5 Å². The molecule has 0 aliphatic heterocycles. The molecular formula is C18H35NO4. The molecule has 0 aromatic carbocycles. The lowest BCUT2D eigenvalue weighted by atomic mass is 10.1. The van der Waals surface area contributed by atoms with Gasteiger partial charge in [-0.25, -0.2) is 0 Å². The van der Waals surface area contributed by atoms with Gasteiger partial charge in [0, 0.05) is 6.42 Å². The van der Waals surface area contributed by atoms with Crippen molar-refractivity contribution in [2.24, 2.45) is 5.73 Å². The molecule has 0 aromatic rings. The van der Waals surface area contributed by atoms with Crippen molar-refractivity contribution < 1.29 is 19.1 Å². The summed E-state index contributed by atoms with van der Waals surface area (Å²) in [6.07, 6.45) is 13.0. The minimum atomic E-state index is -0.745. The number of rotatable bonds is 15. The Hall–Kier alpha value is -1.10. The van der Waals surface area contributed by atoms with Crippen molar-refractivity contribution in [1.82, 2.24) is 0 Å². The molecule has 1 unspecified atom stereocenters. The first kappa shape index (κ1) is 21.9. The van der Waals surface area contributed by atoms with E-state index in [2.05, 4.69) is 11.7 Å². The zero-order chi connectivity index (χ0) is 17.3. The maximum atomic E-state index is 11.5. The highest BCUT2D eigenvalue weighted by Gasteiger charge is 2.15. The Kier molecular flexibility index (Phi) is 15.0. The molecular weight excluding hydrogens is 294 g/mol. The second kappa shape index (κ2) is 15.8. The summed E-state index contributed by atoms with van der Waals surface area (Å²) >= 11 is 0. The lowest BCUT2D eigenvalue weighted by Crippen LogP contribution is -2.32. The second-order valence-electron chi connectivity index (χ2n) is 6.07. The molecule has 0 radical (unpaired) electrons. The molecule has 0 bridgehead atoms. The number of unbranched alkanes of at least 4 members (excludes halogenated alkanes) is 9. The Morgan fingerprint density at radius 3 is 1.96 bits per heavy atom. The summed E-state index contributed by atoms with van der Waals surface area (Å²) in [7, 11) is 1.28. The Morgan fingerprint density at radius 1 is 0.913 bits per heavy atom. The monoisotopic (exact) mass is 329 g/mol. The van der Waals surface area contributed by atoms with Gasteiger partial charge in [-0.1, -0.05) is 64.7 Å². The Labute approximate surface area is 141 Å². The van der Waals surface area contributed by atoms with Crippen LogP contribution >= 0.6 is 0 Å². The average Bonchev–Trinajstić information content (AvgIpc) is 2.56. The third-order valence-corrected chi connectivity index (χ3v) is 3.92. The fourth-order valence-corrected chi connectivity index (χ4v) is 2.39. The third-order valence-electron chi connectivity index (χ3n) is 3.92. The van der Waals surface area contributed by atoms with Crippen LogP contribution in [-0.4, -0.2) is 31.7 Å². The van der Waals surface area contributed by atoms with Crippen molar-refractivity contribution in [2.75, 3.05) is 13.7 Å². The van der Waals surface area contributed by atoms with E-state index < -0.39 is 12.0 Å². The fraction of sp³-hybridized carbons (Fsp3) is 0.889. The van der Waals surface area contributed by atoms with Gasteiger partial charge in [0.25, 0.3) is 0 Å². The lowest BCUT2D eigenvalue weighted by molar-refractivity contribution is -0.145. The van der Waals surface area contributed by atoms with Gasteiger partial charge in [-0.2, -0.15) is 0 Å². The van der Waals surface area contributed by atoms with Gasteiger partial charge in [0.1, 0.15) is 6.04 Å². The molecule has 0 amide bonds. The fourth-order valence-electron chi connectivity index (χ4n) is 2.39. The van der Waals surface area contributed by atoms with Crippen LogP contribution in [0.25, 0.3) is 0 Å². The van der Waals surface area contributed by atoms with Crippen molar-refractivity contribution >= 4 is 11.9 Å². The SMILES string of the molecule is CCCCCCCCCCCCOC(=O)CCC(N)C(=O)OC. The number of carbonyl (C=O) groups excluding carboxylic acids is 2. The molecule has 0 spiro atoms. The summed E-state index contributed by atoms with van der Waals surface area (Å²) in [6, 6.07) is -0.745. The Morgan fingerprint density at radius 2 is 1.43 bits per heavy atom. The predicted molar refractivity (Wildman–Crippen MR) is 92.0 cm³/mol. The molecule has 5 nitrogen and oxygen atoms in total. The van der Waals surface area contributed by atoms with E-state index in [0.29, 0.717) is 6.61 Å². The minimum absolute atomic E-state index is 0.161. The topological polar surface area (TPSA) is 78.6 Å². The molecule has 0 saturated carbocycles. The molecule has 23 heavy (non-hydrogen) atoms. The number of ether oxygens (including phenoxy) is 2. The lowest BCUT2D eigenvalue weighted by Gasteiger charge is -2.09. The molecule has 0 heterocycles. The summed E-state index contributed by atoms with van der Waals surface area (Å²) in [5.41, 5.74) is 5.55. The first-order chi connectivity index (χ1) is 11.1. The predicted octanol–water partition coefficient (Wildman–Crippen LogP) is 3.73. The number of nitrogens with two attached hydrogens (primary N) is 1. The second-order valence-corrected chi connectivity index (χ2v) is 6.07. The van der Waals surface area contributed by atoms with Crippen molar-refractivity contribution in [1.29, 1.82) is 0 Å². The van der Waals surface area contributed by atoms with Gasteiger partial charge in [0.15, 0.2) is 0 Å². The van der Waals surface area contributed by atoms with E-state index in [1.807, 2.05) is 0 Å². The molecule has 0 aliphatic rings. The molecule has 0 aliphatic carbocycles. The maximum Gasteiger partial charge on any atom is 0.322 e. The first-order valence-corrected chi connectivity index (χ1v) is 9.10. The molecule has 0 saturated heterocycles. The Bertz CT molecular complexity index is 307. The summed E-state index contributed by atoms with van der Waals surface area (Å²) in [5.74, 6) is -0.784. The average molecular weight is 329 g/mol. The first-order valence-electron chi connectivity index (χ1n) is 9.10. The normalized spacial score (nSPS) is 12.0. The van der Waals surface area contributed by atoms with Crippen molar-refractivity contribution in [3.8, 4) is 0 Å². The van der Waals surface area contributed by atoms with Crippen LogP contribution in [0, 0.1) is 0 Å². The number of hydrogen-bond donors (Lipinski definition) is 1. The van der Waals surface area contributed by atoms with E-state index in [0.717, 1.165) is 12.8 Å². The molecule has 2 N–H and O–H groups in total. The van der Waals surface area contributed by atoms with E-state index in [-0.39, 0.29) is 18.8 Å². The highest BCUT2D eigenvalue weighted by Crippen LogP contribution is 2.10. The number of hydrogen-bond acceptors (Lipinski definition) is 5. The van der Waals surface area contributed by atoms with Crippen LogP contribution in [0.4, 0.5) is 0 Å². The number of methoxy groups -OCH3 is 1. The molecule has 0 fully saturated rings. The van der Waals surface area contributed by atoms with Gasteiger partial charge in [-0.15, -0.1) is 0 Å². The zero-order valence-corrected chi connectivity index (χ0v) is 15.0. The smallest absolute Gasteiger partial charge is 0.322 e. The van der Waals surface area contributed by atoms with Crippen LogP contribution in [0.15, 0.2) is 0 Å². The van der Waals surface area contributed by atoms with Crippen LogP contribution in [-0.2, 0) is 19.1 Å². The highest BCUT2D eigenvalue weighted by molar-refractivity contribution is 5.76. The Balaban J connectivity index is 3.31. The number of esters is 2. The summed E-state index contributed by atoms with van der Waals surface area (Å²) in [4.78, 5) is 22.6. The zero-order valence-electron chi connectivity index (χ0n) is 15.0. The maximum absolute atomic E-state index is 11.5. The van der Waals surface area contributed by atoms with Crippen molar-refractivity contribution in [2.45, 2.75) is 90.0 Å². The summed E-state index contributed by atoms with van der Waals surface area (Å²) in [6.45, 7) is 2.70. The molecule has 0 aromatic heterocycles. The van der Waals surface area contributed by atoms with Crippen LogP contribution in [0.2, 0.25) is 0 Å². The van der Waals surface area contributed by atoms with Crippen molar-refractivity contribution in [3.05, 3.63) is 0 Å². The van der Waals surface area contributed by atoms with Gasteiger partial charge in [0.05, 0.1) is 13.7 Å². The van der Waals surface area contributed by atoms with Gasteiger partial charge >= 0.3 is 11.9 Å². The highest BCUT2D eigenvalue weighted by atomic mass is 16.5. The standard InChI is InChI=1S/C18H35NO4/c1-3-4-5-6-7-8-9-10-11-12-15-23-17(20)14-13-16(19)18(21)22-2/h16H,3-15,19H2,1-2H3. The number of carbonyl (C=O) groups is 2. The molecule has 136 valence electrons. The van der Waals surface area contributed by atoms with Crippen LogP contribution in [0.3, 0.4) is 0 Å². The largest absolute Gasteiger partial charge is 0.468 e. The van der Waals surface area contributed by atoms with Gasteiger partial charge in [-0.3, -0.25) is 9.59 Å². The third kappa shape index (κ3) is 14.2. The molecule has 0 rings (SSSR count). The van der Waals surface area contributed by atoms with Crippen molar-refractivity contribution in [3.63, 3.8) is 0 Å². The van der Waals surface area contributed by atoms with E-state index >= 15 is 0 Å². The van der Waals surface area contributed by atoms with E-state index in [1.165, 1.54) is 58.5 Å². The molecule has 1 atom stereocenters.